The molecule has 186 valence electrons. The van der Waals surface area contributed by atoms with Gasteiger partial charge in [-0.3, -0.25) is 9.69 Å². The molecule has 0 bridgehead atoms. The van der Waals surface area contributed by atoms with Gasteiger partial charge in [-0.1, -0.05) is 35.9 Å². The Kier molecular flexibility index (Phi) is 8.37. The van der Waals surface area contributed by atoms with Crippen LogP contribution in [0.3, 0.4) is 0 Å². The minimum atomic E-state index is -0.109. The zero-order valence-corrected chi connectivity index (χ0v) is 21.1. The normalized spacial score (nSPS) is 15.6. The van der Waals surface area contributed by atoms with Crippen molar-refractivity contribution in [3.63, 3.8) is 0 Å². The van der Waals surface area contributed by atoms with Crippen LogP contribution in [0.15, 0.2) is 65.3 Å². The Hall–Kier alpha value is -2.96. The smallest absolute Gasteiger partial charge is 0.289 e. The number of furan rings is 1. The van der Waals surface area contributed by atoms with E-state index in [9.17, 15) is 9.90 Å². The summed E-state index contributed by atoms with van der Waals surface area (Å²) in [6.45, 7) is 5.07. The average molecular weight is 497 g/mol. The van der Waals surface area contributed by atoms with Gasteiger partial charge in [0.25, 0.3) is 5.91 Å². The third-order valence-electron chi connectivity index (χ3n) is 6.84. The van der Waals surface area contributed by atoms with E-state index < -0.39 is 0 Å². The van der Waals surface area contributed by atoms with Gasteiger partial charge >= 0.3 is 0 Å². The molecule has 0 aliphatic carbocycles. The standard InChI is InChI=1S/C28H33ClN2O4/c1-3-34-27-17-20(10-11-25(27)32)19-31-14-12-21(13-15-31)24(18-22-7-4-5-8-23(22)29)30(2)28(33)26-9-6-16-35-26/h4-11,16-17,21,24,32H,3,12-15,18-19H2,1-2H3. The summed E-state index contributed by atoms with van der Waals surface area (Å²) in [5.74, 6) is 1.28. The molecule has 6 nitrogen and oxygen atoms in total. The molecule has 0 radical (unpaired) electrons. The van der Waals surface area contributed by atoms with E-state index >= 15 is 0 Å². The highest BCUT2D eigenvalue weighted by Crippen LogP contribution is 2.31. The number of likely N-dealkylation sites (tertiary alicyclic amines) is 1. The maximum absolute atomic E-state index is 13.1. The first-order chi connectivity index (χ1) is 17.0. The van der Waals surface area contributed by atoms with Crippen molar-refractivity contribution in [3.05, 3.63) is 82.8 Å². The van der Waals surface area contributed by atoms with Crippen molar-refractivity contribution in [1.82, 2.24) is 9.80 Å². The number of hydrogen-bond acceptors (Lipinski definition) is 5. The van der Waals surface area contributed by atoms with Crippen molar-refractivity contribution in [3.8, 4) is 11.5 Å². The first kappa shape index (κ1) is 25.1. The Morgan fingerprint density at radius 2 is 1.97 bits per heavy atom. The SMILES string of the molecule is CCOc1cc(CN2CCC(C(Cc3ccccc3Cl)N(C)C(=O)c3ccco3)CC2)ccc1O. The molecular weight excluding hydrogens is 464 g/mol. The molecular formula is C28H33ClN2O4. The number of halogens is 1. The number of piperidine rings is 1. The van der Waals surface area contributed by atoms with Crippen LogP contribution in [0.5, 0.6) is 11.5 Å². The first-order valence-corrected chi connectivity index (χ1v) is 12.5. The van der Waals surface area contributed by atoms with E-state index in [0.717, 1.165) is 48.6 Å². The zero-order chi connectivity index (χ0) is 24.8. The number of benzene rings is 2. The summed E-state index contributed by atoms with van der Waals surface area (Å²) < 4.78 is 10.9. The number of ether oxygens (including phenoxy) is 1. The largest absolute Gasteiger partial charge is 0.504 e. The molecule has 7 heteroatoms. The van der Waals surface area contributed by atoms with E-state index in [1.807, 2.05) is 55.3 Å². The maximum atomic E-state index is 13.1. The fourth-order valence-corrected chi connectivity index (χ4v) is 5.13. The van der Waals surface area contributed by atoms with Crippen molar-refractivity contribution >= 4 is 17.5 Å². The minimum Gasteiger partial charge on any atom is -0.504 e. The van der Waals surface area contributed by atoms with Crippen LogP contribution in [0, 0.1) is 5.92 Å². The third-order valence-corrected chi connectivity index (χ3v) is 7.21. The van der Waals surface area contributed by atoms with Crippen LogP contribution in [0.4, 0.5) is 0 Å². The van der Waals surface area contributed by atoms with Gasteiger partial charge in [-0.25, -0.2) is 0 Å². The number of likely N-dealkylation sites (N-methyl/N-ethyl adjacent to an activating group) is 1. The summed E-state index contributed by atoms with van der Waals surface area (Å²) in [4.78, 5) is 17.4. The molecule has 1 amide bonds. The van der Waals surface area contributed by atoms with E-state index in [0.29, 0.717) is 30.5 Å². The van der Waals surface area contributed by atoms with Crippen LogP contribution < -0.4 is 4.74 Å². The number of phenolic OH excluding ortho intramolecular Hbond substituents is 1. The van der Waals surface area contributed by atoms with Crippen molar-refractivity contribution in [1.29, 1.82) is 0 Å². The second-order valence-electron chi connectivity index (χ2n) is 9.10. The summed E-state index contributed by atoms with van der Waals surface area (Å²) in [5, 5.41) is 10.7. The number of nitrogens with zero attached hydrogens (tertiary/aromatic N) is 2. The molecule has 2 heterocycles. The van der Waals surface area contributed by atoms with E-state index in [1.165, 1.54) is 6.26 Å². The predicted molar refractivity (Wildman–Crippen MR) is 137 cm³/mol. The number of carbonyl (C=O) groups excluding carboxylic acids is 1. The molecule has 1 aliphatic rings. The summed E-state index contributed by atoms with van der Waals surface area (Å²) in [6.07, 6.45) is 4.18. The van der Waals surface area contributed by atoms with E-state index in [-0.39, 0.29) is 17.7 Å². The second kappa shape index (κ2) is 11.6. The van der Waals surface area contributed by atoms with Gasteiger partial charge in [0.05, 0.1) is 12.9 Å². The van der Waals surface area contributed by atoms with Gasteiger partial charge in [-0.05, 0) is 86.7 Å². The Morgan fingerprint density at radius 1 is 1.20 bits per heavy atom. The molecule has 35 heavy (non-hydrogen) atoms. The van der Waals surface area contributed by atoms with Crippen LogP contribution in [0.1, 0.15) is 41.4 Å². The molecule has 3 aromatic rings. The Labute approximate surface area is 212 Å². The molecule has 1 fully saturated rings. The number of aromatic hydroxyl groups is 1. The number of amides is 1. The zero-order valence-electron chi connectivity index (χ0n) is 20.3. The molecule has 0 spiro atoms. The van der Waals surface area contributed by atoms with Gasteiger partial charge in [0.15, 0.2) is 17.3 Å². The first-order valence-electron chi connectivity index (χ1n) is 12.2. The second-order valence-corrected chi connectivity index (χ2v) is 9.51. The van der Waals surface area contributed by atoms with Crippen molar-refractivity contribution < 1.29 is 19.1 Å². The highest BCUT2D eigenvalue weighted by Gasteiger charge is 2.33. The monoisotopic (exact) mass is 496 g/mol. The van der Waals surface area contributed by atoms with Crippen LogP contribution in [-0.4, -0.2) is 53.6 Å². The summed E-state index contributed by atoms with van der Waals surface area (Å²) in [5.41, 5.74) is 2.16. The Morgan fingerprint density at radius 3 is 2.66 bits per heavy atom. The lowest BCUT2D eigenvalue weighted by Gasteiger charge is -2.40. The van der Waals surface area contributed by atoms with E-state index in [1.54, 1.807) is 18.2 Å². The van der Waals surface area contributed by atoms with Crippen LogP contribution in [0.2, 0.25) is 5.02 Å². The predicted octanol–water partition coefficient (Wildman–Crippen LogP) is 5.63. The lowest BCUT2D eigenvalue weighted by molar-refractivity contribution is 0.0556. The van der Waals surface area contributed by atoms with Gasteiger partial charge in [0, 0.05) is 24.7 Å². The fourth-order valence-electron chi connectivity index (χ4n) is 4.92. The van der Waals surface area contributed by atoms with Crippen LogP contribution >= 0.6 is 11.6 Å². The lowest BCUT2D eigenvalue weighted by atomic mass is 9.84. The van der Waals surface area contributed by atoms with Gasteiger partial charge < -0.3 is 19.2 Å². The Bertz CT molecular complexity index is 1110. The molecule has 1 unspecified atom stereocenters. The molecule has 1 N–H and O–H groups in total. The molecule has 1 saturated heterocycles. The summed E-state index contributed by atoms with van der Waals surface area (Å²) in [7, 11) is 1.87. The summed E-state index contributed by atoms with van der Waals surface area (Å²) in [6, 6.07) is 16.9. The molecule has 2 aromatic carbocycles. The van der Waals surface area contributed by atoms with Gasteiger partial charge in [-0.15, -0.1) is 0 Å². The molecule has 0 saturated carbocycles. The van der Waals surface area contributed by atoms with E-state index in [2.05, 4.69) is 4.90 Å². The number of rotatable bonds is 9. The highest BCUT2D eigenvalue weighted by molar-refractivity contribution is 6.31. The minimum absolute atomic E-state index is 0.00730. The quantitative estimate of drug-likeness (QED) is 0.415. The fraction of sp³-hybridized carbons (Fsp3) is 0.393. The lowest BCUT2D eigenvalue weighted by Crippen LogP contribution is -2.47. The van der Waals surface area contributed by atoms with Crippen molar-refractivity contribution in [2.45, 2.75) is 38.8 Å². The maximum Gasteiger partial charge on any atom is 0.289 e. The van der Waals surface area contributed by atoms with Crippen molar-refractivity contribution in [2.75, 3.05) is 26.7 Å². The average Bonchev–Trinajstić information content (AvgIpc) is 3.41. The van der Waals surface area contributed by atoms with Crippen LogP contribution in [-0.2, 0) is 13.0 Å². The van der Waals surface area contributed by atoms with Crippen molar-refractivity contribution in [2.24, 2.45) is 5.92 Å². The molecule has 1 aliphatic heterocycles. The molecule has 1 aromatic heterocycles. The van der Waals surface area contributed by atoms with Crippen LogP contribution in [0.25, 0.3) is 0 Å². The molecule has 1 atom stereocenters. The number of carbonyl (C=O) groups is 1. The van der Waals surface area contributed by atoms with Gasteiger partial charge in [-0.2, -0.15) is 0 Å². The van der Waals surface area contributed by atoms with Gasteiger partial charge in [0.1, 0.15) is 0 Å². The van der Waals surface area contributed by atoms with E-state index in [4.69, 9.17) is 20.8 Å². The number of hydrogen-bond donors (Lipinski definition) is 1. The molecule has 4 rings (SSSR count). The Balaban J connectivity index is 1.45. The summed E-state index contributed by atoms with van der Waals surface area (Å²) >= 11 is 6.49. The van der Waals surface area contributed by atoms with Gasteiger partial charge in [0.2, 0.25) is 0 Å². The third kappa shape index (κ3) is 6.19. The topological polar surface area (TPSA) is 66.2 Å². The number of phenols is 1. The highest BCUT2D eigenvalue weighted by atomic mass is 35.5.